The van der Waals surface area contributed by atoms with Crippen LogP contribution < -0.4 is 0 Å². The predicted molar refractivity (Wildman–Crippen MR) is 106 cm³/mol. The fraction of sp³-hybridized carbons (Fsp3) is 0.364. The quantitative estimate of drug-likeness (QED) is 0.504. The minimum Gasteiger partial charge on any atom is -0.342 e. The Bertz CT molecular complexity index is 992. The highest BCUT2D eigenvalue weighted by atomic mass is 14.9. The molecule has 0 spiro atoms. The third-order valence-electron chi connectivity index (χ3n) is 5.92. The van der Waals surface area contributed by atoms with E-state index in [4.69, 9.17) is 0 Å². The van der Waals surface area contributed by atoms with Crippen LogP contribution in [0.3, 0.4) is 0 Å². The fourth-order valence-electron chi connectivity index (χ4n) is 4.57. The lowest BCUT2D eigenvalue weighted by atomic mass is 9.76. The number of H-pyrrole nitrogens is 2. The molecule has 132 valence electrons. The summed E-state index contributed by atoms with van der Waals surface area (Å²) in [6.07, 6.45) is 4.99. The summed E-state index contributed by atoms with van der Waals surface area (Å²) in [5.41, 5.74) is 7.37. The molecule has 0 saturated heterocycles. The standard InChI is InChI=1S/C22H24N4/c1-13-23-19-9-7-17(11-21(19)25-13)15-3-5-16(6-4-15)18-8-10-20-22(12-18)26-14(2)24-20/h7-12,15-16H,3-6H2,1-2H3,(H,23,25)(H,24,26). The minimum atomic E-state index is 0.656. The Morgan fingerprint density at radius 2 is 1.12 bits per heavy atom. The van der Waals surface area contributed by atoms with Crippen LogP contribution in [0.5, 0.6) is 0 Å². The maximum absolute atomic E-state index is 4.60. The van der Waals surface area contributed by atoms with Crippen molar-refractivity contribution in [2.75, 3.05) is 0 Å². The van der Waals surface area contributed by atoms with Gasteiger partial charge in [0.1, 0.15) is 11.6 Å². The molecule has 2 N–H and O–H groups in total. The molecule has 0 bridgehead atoms. The molecule has 2 aromatic carbocycles. The van der Waals surface area contributed by atoms with Crippen LogP contribution in [0.4, 0.5) is 0 Å². The van der Waals surface area contributed by atoms with Crippen molar-refractivity contribution in [2.45, 2.75) is 51.4 Å². The van der Waals surface area contributed by atoms with Gasteiger partial charge in [0.05, 0.1) is 22.1 Å². The number of aromatic nitrogens is 4. The van der Waals surface area contributed by atoms with Crippen molar-refractivity contribution in [1.82, 2.24) is 19.9 Å². The molecule has 4 heteroatoms. The number of rotatable bonds is 2. The summed E-state index contributed by atoms with van der Waals surface area (Å²) in [7, 11) is 0. The molecule has 0 atom stereocenters. The van der Waals surface area contributed by atoms with Gasteiger partial charge in [-0.3, -0.25) is 0 Å². The van der Waals surface area contributed by atoms with Gasteiger partial charge in [0, 0.05) is 0 Å². The average Bonchev–Trinajstić information content (AvgIpc) is 3.20. The van der Waals surface area contributed by atoms with E-state index < -0.39 is 0 Å². The molecule has 1 aliphatic rings. The van der Waals surface area contributed by atoms with Gasteiger partial charge >= 0.3 is 0 Å². The van der Waals surface area contributed by atoms with E-state index in [1.165, 1.54) is 36.8 Å². The summed E-state index contributed by atoms with van der Waals surface area (Å²) in [4.78, 5) is 15.8. The highest BCUT2D eigenvalue weighted by Crippen LogP contribution is 2.41. The normalized spacial score (nSPS) is 20.8. The van der Waals surface area contributed by atoms with Gasteiger partial charge in [-0.2, -0.15) is 0 Å². The summed E-state index contributed by atoms with van der Waals surface area (Å²) in [6, 6.07) is 13.5. The Morgan fingerprint density at radius 3 is 1.54 bits per heavy atom. The van der Waals surface area contributed by atoms with Gasteiger partial charge in [0.15, 0.2) is 0 Å². The SMILES string of the molecule is Cc1nc2cc(C3CCC(c4ccc5[nH]c(C)nc5c4)CC3)ccc2[nH]1. The molecule has 1 fully saturated rings. The number of benzene rings is 2. The number of aromatic amines is 2. The van der Waals surface area contributed by atoms with Crippen LogP contribution >= 0.6 is 0 Å². The fourth-order valence-corrected chi connectivity index (χ4v) is 4.57. The van der Waals surface area contributed by atoms with Crippen molar-refractivity contribution in [1.29, 1.82) is 0 Å². The molecule has 0 radical (unpaired) electrons. The number of imidazole rings is 2. The number of nitrogens with one attached hydrogen (secondary N) is 2. The van der Waals surface area contributed by atoms with Crippen LogP contribution in [0.2, 0.25) is 0 Å². The first-order valence-electron chi connectivity index (χ1n) is 9.58. The lowest BCUT2D eigenvalue weighted by Gasteiger charge is -2.29. The van der Waals surface area contributed by atoms with Crippen LogP contribution in [0.15, 0.2) is 36.4 Å². The average molecular weight is 344 g/mol. The van der Waals surface area contributed by atoms with Crippen LogP contribution in [0.1, 0.15) is 60.3 Å². The van der Waals surface area contributed by atoms with Crippen molar-refractivity contribution in [3.8, 4) is 0 Å². The summed E-state index contributed by atoms with van der Waals surface area (Å²) in [6.45, 7) is 4.03. The first kappa shape index (κ1) is 15.6. The van der Waals surface area contributed by atoms with Crippen molar-refractivity contribution < 1.29 is 0 Å². The monoisotopic (exact) mass is 344 g/mol. The van der Waals surface area contributed by atoms with Crippen LogP contribution in [-0.4, -0.2) is 19.9 Å². The first-order valence-corrected chi connectivity index (χ1v) is 9.58. The van der Waals surface area contributed by atoms with Crippen LogP contribution in [0, 0.1) is 13.8 Å². The molecule has 26 heavy (non-hydrogen) atoms. The van der Waals surface area contributed by atoms with E-state index in [0.29, 0.717) is 11.8 Å². The third-order valence-corrected chi connectivity index (χ3v) is 5.92. The Morgan fingerprint density at radius 1 is 0.692 bits per heavy atom. The van der Waals surface area contributed by atoms with Crippen molar-refractivity contribution in [3.05, 3.63) is 59.2 Å². The number of hydrogen-bond acceptors (Lipinski definition) is 2. The van der Waals surface area contributed by atoms with E-state index in [0.717, 1.165) is 33.7 Å². The van der Waals surface area contributed by atoms with E-state index in [1.54, 1.807) is 0 Å². The summed E-state index contributed by atoms with van der Waals surface area (Å²) in [5, 5.41) is 0. The van der Waals surface area contributed by atoms with Gasteiger partial charge < -0.3 is 9.97 Å². The second-order valence-electron chi connectivity index (χ2n) is 7.75. The van der Waals surface area contributed by atoms with E-state index in [2.05, 4.69) is 56.3 Å². The van der Waals surface area contributed by atoms with Gasteiger partial charge in [-0.25, -0.2) is 9.97 Å². The molecule has 1 saturated carbocycles. The number of nitrogens with zero attached hydrogens (tertiary/aromatic N) is 2. The molecular weight excluding hydrogens is 320 g/mol. The summed E-state index contributed by atoms with van der Waals surface area (Å²) >= 11 is 0. The van der Waals surface area contributed by atoms with Crippen LogP contribution in [-0.2, 0) is 0 Å². The number of aryl methyl sites for hydroxylation is 2. The minimum absolute atomic E-state index is 0.656. The lowest BCUT2D eigenvalue weighted by Crippen LogP contribution is -2.12. The van der Waals surface area contributed by atoms with E-state index in [9.17, 15) is 0 Å². The zero-order valence-corrected chi connectivity index (χ0v) is 15.3. The Kier molecular flexibility index (Phi) is 3.59. The Hall–Kier alpha value is -2.62. The maximum Gasteiger partial charge on any atom is 0.104 e. The topological polar surface area (TPSA) is 57.4 Å². The van der Waals surface area contributed by atoms with Crippen molar-refractivity contribution >= 4 is 22.1 Å². The van der Waals surface area contributed by atoms with Gasteiger partial charge in [-0.05, 0) is 86.8 Å². The molecular formula is C22H24N4. The maximum atomic E-state index is 4.60. The molecule has 4 nitrogen and oxygen atoms in total. The highest BCUT2D eigenvalue weighted by Gasteiger charge is 2.24. The highest BCUT2D eigenvalue weighted by molar-refractivity contribution is 5.76. The first-order chi connectivity index (χ1) is 12.7. The molecule has 0 unspecified atom stereocenters. The molecule has 4 aromatic rings. The lowest BCUT2D eigenvalue weighted by molar-refractivity contribution is 0.397. The van der Waals surface area contributed by atoms with E-state index >= 15 is 0 Å². The van der Waals surface area contributed by atoms with Gasteiger partial charge in [-0.15, -0.1) is 0 Å². The molecule has 5 rings (SSSR count). The van der Waals surface area contributed by atoms with Crippen molar-refractivity contribution in [3.63, 3.8) is 0 Å². The second kappa shape index (κ2) is 5.97. The van der Waals surface area contributed by atoms with Gasteiger partial charge in [0.25, 0.3) is 0 Å². The van der Waals surface area contributed by atoms with Crippen LogP contribution in [0.25, 0.3) is 22.1 Å². The molecule has 2 aromatic heterocycles. The second-order valence-corrected chi connectivity index (χ2v) is 7.75. The number of hydrogen-bond donors (Lipinski definition) is 2. The molecule has 0 aliphatic heterocycles. The molecule has 1 aliphatic carbocycles. The summed E-state index contributed by atoms with van der Waals surface area (Å²) in [5.74, 6) is 3.29. The smallest absolute Gasteiger partial charge is 0.104 e. The Balaban J connectivity index is 1.34. The predicted octanol–water partition coefficient (Wildman–Crippen LogP) is 5.50. The third kappa shape index (κ3) is 2.70. The van der Waals surface area contributed by atoms with E-state index in [-0.39, 0.29) is 0 Å². The molecule has 2 heterocycles. The van der Waals surface area contributed by atoms with E-state index in [1.807, 2.05) is 13.8 Å². The summed E-state index contributed by atoms with van der Waals surface area (Å²) < 4.78 is 0. The largest absolute Gasteiger partial charge is 0.342 e. The zero-order valence-electron chi connectivity index (χ0n) is 15.3. The van der Waals surface area contributed by atoms with Gasteiger partial charge in [0.2, 0.25) is 0 Å². The number of fused-ring (bicyclic) bond motifs is 2. The zero-order chi connectivity index (χ0) is 17.7. The van der Waals surface area contributed by atoms with Gasteiger partial charge in [-0.1, -0.05) is 12.1 Å². The molecule has 0 amide bonds. The Labute approximate surface area is 153 Å². The van der Waals surface area contributed by atoms with Crippen molar-refractivity contribution in [2.24, 2.45) is 0 Å².